The minimum absolute atomic E-state index is 0.407. The van der Waals surface area contributed by atoms with E-state index in [-0.39, 0.29) is 0 Å². The first-order valence-electron chi connectivity index (χ1n) is 8.66. The molecule has 2 aromatic heterocycles. The van der Waals surface area contributed by atoms with E-state index < -0.39 is 0 Å². The molecule has 1 fully saturated rings. The molecule has 0 amide bonds. The van der Waals surface area contributed by atoms with Crippen LogP contribution in [0.2, 0.25) is 10.0 Å². The van der Waals surface area contributed by atoms with Crippen molar-refractivity contribution in [3.63, 3.8) is 0 Å². The zero-order valence-corrected chi connectivity index (χ0v) is 16.9. The Balaban J connectivity index is 2.01. The van der Waals surface area contributed by atoms with Gasteiger partial charge in [0, 0.05) is 47.4 Å². The Morgan fingerprint density at radius 2 is 1.67 bits per heavy atom. The average molecular weight is 404 g/mol. The highest BCUT2D eigenvalue weighted by Crippen LogP contribution is 2.46. The molecule has 5 nitrogen and oxygen atoms in total. The molecule has 0 N–H and O–H groups in total. The van der Waals surface area contributed by atoms with Crippen molar-refractivity contribution in [2.24, 2.45) is 0 Å². The topological polar surface area (TPSA) is 47.5 Å². The van der Waals surface area contributed by atoms with Crippen molar-refractivity contribution in [3.05, 3.63) is 40.1 Å². The molecule has 7 heteroatoms. The van der Waals surface area contributed by atoms with Crippen LogP contribution in [0.1, 0.15) is 12.1 Å². The number of ether oxygens (including phenoxy) is 2. The predicted octanol–water partition coefficient (Wildman–Crippen LogP) is 5.14. The molecule has 27 heavy (non-hydrogen) atoms. The fraction of sp³-hybridized carbons (Fsp3) is 0.300. The monoisotopic (exact) mass is 403 g/mol. The zero-order valence-electron chi connectivity index (χ0n) is 15.3. The number of aromatic nitrogens is 2. The number of benzene rings is 1. The van der Waals surface area contributed by atoms with Crippen LogP contribution < -0.4 is 14.4 Å². The van der Waals surface area contributed by atoms with Gasteiger partial charge in [0.15, 0.2) is 0 Å². The first kappa shape index (κ1) is 18.1. The van der Waals surface area contributed by atoms with Gasteiger partial charge in [-0.05, 0) is 25.5 Å². The number of hydrogen-bond donors (Lipinski definition) is 0. The standard InChI is InChI=1S/C20H19Cl2N3O2/c1-11-7-13-12(10-23-11)8-14(24-20(13)25-5-4-6-25)17-18(21)15(26-2)9-16(27-3)19(17)22/h7-10H,4-6H2,1-3H3. The van der Waals surface area contributed by atoms with E-state index >= 15 is 0 Å². The molecular weight excluding hydrogens is 385 g/mol. The molecule has 140 valence electrons. The quantitative estimate of drug-likeness (QED) is 0.603. The van der Waals surface area contributed by atoms with Gasteiger partial charge in [0.2, 0.25) is 0 Å². The number of rotatable bonds is 4. The summed E-state index contributed by atoms with van der Waals surface area (Å²) in [7, 11) is 3.12. The van der Waals surface area contributed by atoms with Gasteiger partial charge < -0.3 is 14.4 Å². The second-order valence-corrected chi connectivity index (χ2v) is 7.26. The van der Waals surface area contributed by atoms with Crippen molar-refractivity contribution in [1.82, 2.24) is 9.97 Å². The van der Waals surface area contributed by atoms with Gasteiger partial charge in [0.1, 0.15) is 17.3 Å². The molecule has 0 radical (unpaired) electrons. The van der Waals surface area contributed by atoms with E-state index in [2.05, 4.69) is 16.0 Å². The minimum Gasteiger partial charge on any atom is -0.495 e. The molecule has 0 bridgehead atoms. The van der Waals surface area contributed by atoms with E-state index in [1.165, 1.54) is 0 Å². The van der Waals surface area contributed by atoms with Crippen molar-refractivity contribution < 1.29 is 9.47 Å². The molecule has 3 heterocycles. The Hall–Kier alpha value is -2.24. The summed E-state index contributed by atoms with van der Waals surface area (Å²) in [5.74, 6) is 1.90. The highest BCUT2D eigenvalue weighted by molar-refractivity contribution is 6.41. The molecule has 0 saturated carbocycles. The second-order valence-electron chi connectivity index (χ2n) is 6.50. The van der Waals surface area contributed by atoms with Gasteiger partial charge in [0.05, 0.1) is 30.0 Å². The third-order valence-electron chi connectivity index (χ3n) is 4.82. The van der Waals surface area contributed by atoms with Gasteiger partial charge >= 0.3 is 0 Å². The minimum atomic E-state index is 0.407. The van der Waals surface area contributed by atoms with Crippen LogP contribution in [0.5, 0.6) is 11.5 Å². The summed E-state index contributed by atoms with van der Waals surface area (Å²) < 4.78 is 10.8. The van der Waals surface area contributed by atoms with E-state index in [1.54, 1.807) is 20.3 Å². The number of aryl methyl sites for hydroxylation is 1. The fourth-order valence-corrected chi connectivity index (χ4v) is 3.93. The van der Waals surface area contributed by atoms with E-state index in [4.69, 9.17) is 37.7 Å². The lowest BCUT2D eigenvalue weighted by atomic mass is 10.0. The van der Waals surface area contributed by atoms with E-state index in [9.17, 15) is 0 Å². The highest BCUT2D eigenvalue weighted by Gasteiger charge is 2.24. The van der Waals surface area contributed by atoms with Crippen LogP contribution in [0.25, 0.3) is 22.0 Å². The number of pyridine rings is 2. The molecule has 4 rings (SSSR count). The number of methoxy groups -OCH3 is 2. The summed E-state index contributed by atoms with van der Waals surface area (Å²) in [4.78, 5) is 11.6. The van der Waals surface area contributed by atoms with Crippen LogP contribution in [-0.4, -0.2) is 37.3 Å². The van der Waals surface area contributed by atoms with Crippen molar-refractivity contribution in [2.45, 2.75) is 13.3 Å². The van der Waals surface area contributed by atoms with Gasteiger partial charge in [-0.3, -0.25) is 4.98 Å². The normalized spacial score (nSPS) is 13.6. The van der Waals surface area contributed by atoms with Gasteiger partial charge in [-0.1, -0.05) is 23.2 Å². The molecule has 1 aliphatic rings. The van der Waals surface area contributed by atoms with E-state index in [0.717, 1.165) is 41.8 Å². The molecule has 3 aromatic rings. The maximum atomic E-state index is 6.60. The smallest absolute Gasteiger partial charge is 0.141 e. The third kappa shape index (κ3) is 3.05. The van der Waals surface area contributed by atoms with Gasteiger partial charge in [-0.2, -0.15) is 0 Å². The zero-order chi connectivity index (χ0) is 19.1. The van der Waals surface area contributed by atoms with Crippen molar-refractivity contribution in [2.75, 3.05) is 32.2 Å². The van der Waals surface area contributed by atoms with Crippen LogP contribution in [0.15, 0.2) is 24.4 Å². The largest absolute Gasteiger partial charge is 0.495 e. The molecule has 0 unspecified atom stereocenters. The SMILES string of the molecule is COc1cc(OC)c(Cl)c(-c2cc3cnc(C)cc3c(N3CCC3)n2)c1Cl. The first-order chi connectivity index (χ1) is 13.0. The lowest BCUT2D eigenvalue weighted by Crippen LogP contribution is -2.37. The summed E-state index contributed by atoms with van der Waals surface area (Å²) in [6.45, 7) is 3.94. The molecule has 0 aliphatic carbocycles. The Morgan fingerprint density at radius 1 is 1.00 bits per heavy atom. The van der Waals surface area contributed by atoms with Crippen LogP contribution in [0, 0.1) is 6.92 Å². The molecule has 0 atom stereocenters. The summed E-state index contributed by atoms with van der Waals surface area (Å²) in [5.41, 5.74) is 2.22. The van der Waals surface area contributed by atoms with Crippen molar-refractivity contribution in [1.29, 1.82) is 0 Å². The predicted molar refractivity (Wildman–Crippen MR) is 110 cm³/mol. The van der Waals surface area contributed by atoms with Crippen molar-refractivity contribution >= 4 is 39.8 Å². The van der Waals surface area contributed by atoms with E-state index in [0.29, 0.717) is 32.8 Å². The molecule has 1 aliphatic heterocycles. The molecule has 0 spiro atoms. The van der Waals surface area contributed by atoms with Crippen LogP contribution in [0.3, 0.4) is 0 Å². The first-order valence-corrected chi connectivity index (χ1v) is 9.41. The lowest BCUT2D eigenvalue weighted by Gasteiger charge is -2.33. The van der Waals surface area contributed by atoms with Gasteiger partial charge in [0.25, 0.3) is 0 Å². The number of anilines is 1. The highest BCUT2D eigenvalue weighted by atomic mass is 35.5. The molecule has 1 aromatic carbocycles. The Bertz CT molecular complexity index is 1010. The van der Waals surface area contributed by atoms with Crippen LogP contribution in [0.4, 0.5) is 5.82 Å². The molecular formula is C20H19Cl2N3O2. The number of fused-ring (bicyclic) bond motifs is 1. The van der Waals surface area contributed by atoms with E-state index in [1.807, 2.05) is 19.2 Å². The number of hydrogen-bond acceptors (Lipinski definition) is 5. The summed E-state index contributed by atoms with van der Waals surface area (Å²) in [5, 5.41) is 2.88. The number of halogens is 2. The Morgan fingerprint density at radius 3 is 2.22 bits per heavy atom. The lowest BCUT2D eigenvalue weighted by molar-refractivity contribution is 0.395. The third-order valence-corrected chi connectivity index (χ3v) is 5.57. The van der Waals surface area contributed by atoms with Crippen LogP contribution >= 0.6 is 23.2 Å². The molecule has 1 saturated heterocycles. The summed E-state index contributed by atoms with van der Waals surface area (Å²) >= 11 is 13.2. The fourth-order valence-electron chi connectivity index (χ4n) is 3.24. The second kappa shape index (κ2) is 7.06. The maximum absolute atomic E-state index is 6.60. The van der Waals surface area contributed by atoms with Gasteiger partial charge in [-0.15, -0.1) is 0 Å². The average Bonchev–Trinajstić information content (AvgIpc) is 2.61. The summed E-state index contributed by atoms with van der Waals surface area (Å²) in [6.07, 6.45) is 3.02. The number of nitrogens with zero attached hydrogens (tertiary/aromatic N) is 3. The Labute approximate surface area is 167 Å². The van der Waals surface area contributed by atoms with Crippen molar-refractivity contribution in [3.8, 4) is 22.8 Å². The van der Waals surface area contributed by atoms with Gasteiger partial charge in [-0.25, -0.2) is 4.98 Å². The maximum Gasteiger partial charge on any atom is 0.141 e. The Kier molecular flexibility index (Phi) is 4.74. The van der Waals surface area contributed by atoms with Crippen LogP contribution in [-0.2, 0) is 0 Å². The summed E-state index contributed by atoms with van der Waals surface area (Å²) in [6, 6.07) is 5.70.